The van der Waals surface area contributed by atoms with Gasteiger partial charge in [0.1, 0.15) is 5.69 Å². The molecule has 0 unspecified atom stereocenters. The molecule has 64 valence electrons. The van der Waals surface area contributed by atoms with Crippen LogP contribution in [0.2, 0.25) is 5.02 Å². The molecule has 0 atom stereocenters. The van der Waals surface area contributed by atoms with E-state index in [9.17, 15) is 10.1 Å². The number of rotatable bonds is 1. The van der Waals surface area contributed by atoms with Gasteiger partial charge >= 0.3 is 5.69 Å². The molecule has 1 aromatic carbocycles. The number of nitro benzene ring substituents is 1. The van der Waals surface area contributed by atoms with E-state index in [1.807, 2.05) is 0 Å². The smallest absolute Gasteiger partial charge is 0.313 e. The summed E-state index contributed by atoms with van der Waals surface area (Å²) in [5, 5.41) is 19.4. The van der Waals surface area contributed by atoms with Gasteiger partial charge in [-0.15, -0.1) is 0 Å². The average Bonchev–Trinajstić information content (AvgIpc) is 2.00. The molecule has 0 amide bonds. The molecular weight excluding hydrogens is 184 g/mol. The minimum atomic E-state index is -0.734. The van der Waals surface area contributed by atoms with Crippen molar-refractivity contribution < 1.29 is 10.0 Å². The van der Waals surface area contributed by atoms with Crippen molar-refractivity contribution in [2.45, 2.75) is 0 Å². The van der Waals surface area contributed by atoms with E-state index >= 15 is 0 Å². The Hall–Kier alpha value is -1.49. The molecular formula is C6H5ClN2O3. The van der Waals surface area contributed by atoms with Crippen LogP contribution in [0.5, 0.6) is 5.75 Å². The van der Waals surface area contributed by atoms with E-state index in [4.69, 9.17) is 22.4 Å². The monoisotopic (exact) mass is 188 g/mol. The Labute approximate surface area is 72.5 Å². The second-order valence-electron chi connectivity index (χ2n) is 2.09. The first kappa shape index (κ1) is 8.61. The highest BCUT2D eigenvalue weighted by Gasteiger charge is 2.16. The third-order valence-corrected chi connectivity index (χ3v) is 1.67. The third-order valence-electron chi connectivity index (χ3n) is 1.34. The van der Waals surface area contributed by atoms with E-state index in [2.05, 4.69) is 0 Å². The first-order valence-corrected chi connectivity index (χ1v) is 3.33. The molecule has 0 radical (unpaired) electrons. The number of halogens is 1. The Bertz CT molecular complexity index is 340. The number of nitrogens with two attached hydrogens (primary N) is 1. The lowest BCUT2D eigenvalue weighted by Gasteiger charge is -2.00. The quantitative estimate of drug-likeness (QED) is 0.303. The number of hydrogen-bond donors (Lipinski definition) is 2. The van der Waals surface area contributed by atoms with Gasteiger partial charge in [0, 0.05) is 6.07 Å². The standard InChI is InChI=1S/C6H5ClN2O3/c7-3-1-2-4(9(11)12)6(10)5(3)8/h1-2,10H,8H2. The molecule has 5 nitrogen and oxygen atoms in total. The van der Waals surface area contributed by atoms with Crippen molar-refractivity contribution in [2.24, 2.45) is 0 Å². The predicted molar refractivity (Wildman–Crippen MR) is 44.2 cm³/mol. The molecule has 0 fully saturated rings. The molecule has 0 aliphatic heterocycles. The van der Waals surface area contributed by atoms with Crippen LogP contribution in [0.4, 0.5) is 11.4 Å². The van der Waals surface area contributed by atoms with Gasteiger partial charge in [-0.25, -0.2) is 0 Å². The summed E-state index contributed by atoms with van der Waals surface area (Å²) in [6.07, 6.45) is 0. The Balaban J connectivity index is 3.36. The first-order valence-electron chi connectivity index (χ1n) is 2.95. The number of nitrogens with zero attached hydrogens (tertiary/aromatic N) is 1. The van der Waals surface area contributed by atoms with Crippen LogP contribution in [0.3, 0.4) is 0 Å². The summed E-state index contributed by atoms with van der Waals surface area (Å²) in [4.78, 5) is 9.50. The summed E-state index contributed by atoms with van der Waals surface area (Å²) in [7, 11) is 0. The van der Waals surface area contributed by atoms with Gasteiger partial charge in [-0.3, -0.25) is 10.1 Å². The van der Waals surface area contributed by atoms with Crippen LogP contribution in [-0.2, 0) is 0 Å². The van der Waals surface area contributed by atoms with Crippen molar-refractivity contribution in [3.05, 3.63) is 27.3 Å². The highest BCUT2D eigenvalue weighted by molar-refractivity contribution is 6.33. The van der Waals surface area contributed by atoms with Gasteiger partial charge in [0.2, 0.25) is 5.75 Å². The van der Waals surface area contributed by atoms with Crippen molar-refractivity contribution in [2.75, 3.05) is 5.73 Å². The molecule has 0 saturated heterocycles. The molecule has 3 N–H and O–H groups in total. The van der Waals surface area contributed by atoms with E-state index in [-0.39, 0.29) is 10.7 Å². The topological polar surface area (TPSA) is 89.4 Å². The fourth-order valence-electron chi connectivity index (χ4n) is 0.719. The molecule has 0 aliphatic rings. The summed E-state index contributed by atoms with van der Waals surface area (Å²) in [5.41, 5.74) is 4.61. The number of aromatic hydroxyl groups is 1. The summed E-state index contributed by atoms with van der Waals surface area (Å²) < 4.78 is 0. The Morgan fingerprint density at radius 2 is 2.17 bits per heavy atom. The zero-order chi connectivity index (χ0) is 9.30. The summed E-state index contributed by atoms with van der Waals surface area (Å²) >= 11 is 5.48. The number of nitrogen functional groups attached to an aromatic ring is 1. The molecule has 6 heteroatoms. The van der Waals surface area contributed by atoms with Gasteiger partial charge < -0.3 is 10.8 Å². The fraction of sp³-hybridized carbons (Fsp3) is 0. The maximum atomic E-state index is 10.2. The van der Waals surface area contributed by atoms with E-state index in [1.165, 1.54) is 6.07 Å². The van der Waals surface area contributed by atoms with Gasteiger partial charge in [0.15, 0.2) is 0 Å². The molecule has 0 aliphatic carbocycles. The van der Waals surface area contributed by atoms with Crippen molar-refractivity contribution in [3.8, 4) is 5.75 Å². The lowest BCUT2D eigenvalue weighted by atomic mass is 10.2. The van der Waals surface area contributed by atoms with E-state index in [0.29, 0.717) is 0 Å². The Morgan fingerprint density at radius 3 is 2.67 bits per heavy atom. The van der Waals surface area contributed by atoms with Crippen molar-refractivity contribution in [1.82, 2.24) is 0 Å². The zero-order valence-corrected chi connectivity index (χ0v) is 6.58. The van der Waals surface area contributed by atoms with Gasteiger partial charge in [0.25, 0.3) is 0 Å². The molecule has 12 heavy (non-hydrogen) atoms. The molecule has 0 heterocycles. The Morgan fingerprint density at radius 1 is 1.58 bits per heavy atom. The molecule has 0 aromatic heterocycles. The first-order chi connectivity index (χ1) is 5.54. The van der Waals surface area contributed by atoms with Crippen LogP contribution in [0.25, 0.3) is 0 Å². The SMILES string of the molecule is Nc1c(Cl)ccc([N+](=O)[O-])c1O. The van der Waals surface area contributed by atoms with Gasteiger partial charge in [0.05, 0.1) is 9.95 Å². The minimum absolute atomic E-state index is 0.0955. The van der Waals surface area contributed by atoms with Crippen molar-refractivity contribution >= 4 is 23.0 Å². The number of phenolic OH excluding ortho intramolecular Hbond substituents is 1. The fourth-order valence-corrected chi connectivity index (χ4v) is 0.872. The van der Waals surface area contributed by atoms with Crippen LogP contribution in [0.1, 0.15) is 0 Å². The van der Waals surface area contributed by atoms with Gasteiger partial charge in [-0.05, 0) is 6.07 Å². The summed E-state index contributed by atoms with van der Waals surface area (Å²) in [6.45, 7) is 0. The second-order valence-corrected chi connectivity index (χ2v) is 2.49. The molecule has 0 saturated carbocycles. The normalized spacial score (nSPS) is 9.75. The van der Waals surface area contributed by atoms with Crippen LogP contribution in [0, 0.1) is 10.1 Å². The molecule has 0 bridgehead atoms. The van der Waals surface area contributed by atoms with Crippen LogP contribution >= 0.6 is 11.6 Å². The lowest BCUT2D eigenvalue weighted by Crippen LogP contribution is -1.93. The maximum absolute atomic E-state index is 10.2. The number of phenols is 1. The van der Waals surface area contributed by atoms with Crippen molar-refractivity contribution in [3.63, 3.8) is 0 Å². The summed E-state index contributed by atoms with van der Waals surface area (Å²) in [5.74, 6) is -0.590. The van der Waals surface area contributed by atoms with Crippen LogP contribution in [-0.4, -0.2) is 10.0 Å². The predicted octanol–water partition coefficient (Wildman–Crippen LogP) is 1.54. The number of benzene rings is 1. The maximum Gasteiger partial charge on any atom is 0.313 e. The highest BCUT2D eigenvalue weighted by atomic mass is 35.5. The molecule has 0 spiro atoms. The van der Waals surface area contributed by atoms with E-state index < -0.39 is 16.4 Å². The van der Waals surface area contributed by atoms with Gasteiger partial charge in [-0.2, -0.15) is 0 Å². The number of hydrogen-bond acceptors (Lipinski definition) is 4. The Kier molecular flexibility index (Phi) is 2.05. The van der Waals surface area contributed by atoms with Crippen LogP contribution in [0.15, 0.2) is 12.1 Å². The summed E-state index contributed by atoms with van der Waals surface area (Å²) in [6, 6.07) is 2.35. The molecule has 1 rings (SSSR count). The molecule has 1 aromatic rings. The van der Waals surface area contributed by atoms with E-state index in [1.54, 1.807) is 0 Å². The van der Waals surface area contributed by atoms with Crippen molar-refractivity contribution in [1.29, 1.82) is 0 Å². The largest absolute Gasteiger partial charge is 0.501 e. The minimum Gasteiger partial charge on any atom is -0.501 e. The third kappa shape index (κ3) is 1.26. The van der Waals surface area contributed by atoms with Gasteiger partial charge in [-0.1, -0.05) is 11.6 Å². The number of nitro groups is 1. The number of anilines is 1. The zero-order valence-electron chi connectivity index (χ0n) is 5.82. The average molecular weight is 189 g/mol. The second kappa shape index (κ2) is 2.86. The van der Waals surface area contributed by atoms with E-state index in [0.717, 1.165) is 6.07 Å². The van der Waals surface area contributed by atoms with Crippen LogP contribution < -0.4 is 5.73 Å². The lowest BCUT2D eigenvalue weighted by molar-refractivity contribution is -0.385. The highest BCUT2D eigenvalue weighted by Crippen LogP contribution is 2.36.